The fourth-order valence-corrected chi connectivity index (χ4v) is 6.26. The summed E-state index contributed by atoms with van der Waals surface area (Å²) in [5, 5.41) is 7.01. The summed E-state index contributed by atoms with van der Waals surface area (Å²) in [6.07, 6.45) is 2.08. The first-order valence-electron chi connectivity index (χ1n) is 11.9. The molecule has 1 aliphatic rings. The zero-order valence-corrected chi connectivity index (χ0v) is 21.4. The molecule has 7 nitrogen and oxygen atoms in total. The van der Waals surface area contributed by atoms with Crippen LogP contribution in [0.1, 0.15) is 81.5 Å². The van der Waals surface area contributed by atoms with E-state index in [1.54, 1.807) is 13.8 Å². The molecule has 1 fully saturated rings. The Morgan fingerprint density at radius 2 is 1.70 bits per heavy atom. The maximum absolute atomic E-state index is 13.1. The Morgan fingerprint density at radius 1 is 1.12 bits per heavy atom. The molecule has 33 heavy (non-hydrogen) atoms. The van der Waals surface area contributed by atoms with Crippen LogP contribution in [0.25, 0.3) is 0 Å². The van der Waals surface area contributed by atoms with Crippen LogP contribution in [0.2, 0.25) is 0 Å². The SMILES string of the molecule is CC[C@H](C)c1ccc([C@@H](NC(=O)C2CCN(S(=O)(=O)c3c(C)noc3C)CC2)C(C)C)cc1. The number of aryl methyl sites for hydroxylation is 2. The van der Waals surface area contributed by atoms with E-state index in [0.717, 1.165) is 12.0 Å². The topological polar surface area (TPSA) is 92.5 Å². The molecule has 2 atom stereocenters. The van der Waals surface area contributed by atoms with Gasteiger partial charge in [0.1, 0.15) is 10.6 Å². The summed E-state index contributed by atoms with van der Waals surface area (Å²) in [5.41, 5.74) is 2.78. The lowest BCUT2D eigenvalue weighted by Gasteiger charge is -2.32. The van der Waals surface area contributed by atoms with Crippen LogP contribution in [0, 0.1) is 25.7 Å². The molecule has 3 rings (SSSR count). The molecule has 1 saturated heterocycles. The van der Waals surface area contributed by atoms with Crippen molar-refractivity contribution in [3.05, 3.63) is 46.8 Å². The van der Waals surface area contributed by atoms with Gasteiger partial charge in [-0.3, -0.25) is 4.79 Å². The van der Waals surface area contributed by atoms with Gasteiger partial charge in [-0.05, 0) is 56.1 Å². The van der Waals surface area contributed by atoms with Gasteiger partial charge in [0.05, 0.1) is 6.04 Å². The van der Waals surface area contributed by atoms with Crippen LogP contribution < -0.4 is 5.32 Å². The van der Waals surface area contributed by atoms with Gasteiger partial charge in [-0.25, -0.2) is 8.42 Å². The molecule has 1 aromatic heterocycles. The van der Waals surface area contributed by atoms with Gasteiger partial charge in [0, 0.05) is 19.0 Å². The van der Waals surface area contributed by atoms with Crippen molar-refractivity contribution in [2.75, 3.05) is 13.1 Å². The quantitative estimate of drug-likeness (QED) is 0.596. The average Bonchev–Trinajstić information content (AvgIpc) is 3.15. The molecule has 2 aromatic rings. The smallest absolute Gasteiger partial charge is 0.248 e. The van der Waals surface area contributed by atoms with Crippen LogP contribution in [0.5, 0.6) is 0 Å². The first-order valence-corrected chi connectivity index (χ1v) is 13.3. The van der Waals surface area contributed by atoms with E-state index in [2.05, 4.69) is 62.4 Å². The fraction of sp³-hybridized carbons (Fsp3) is 0.600. The van der Waals surface area contributed by atoms with Gasteiger partial charge in [0.2, 0.25) is 15.9 Å². The number of rotatable bonds is 8. The largest absolute Gasteiger partial charge is 0.360 e. The number of nitrogens with zero attached hydrogens (tertiary/aromatic N) is 2. The highest BCUT2D eigenvalue weighted by Gasteiger charge is 2.36. The molecule has 0 saturated carbocycles. The van der Waals surface area contributed by atoms with Crippen LogP contribution in [-0.4, -0.2) is 36.9 Å². The lowest BCUT2D eigenvalue weighted by molar-refractivity contribution is -0.127. The molecule has 1 aromatic carbocycles. The predicted octanol–water partition coefficient (Wildman–Crippen LogP) is 4.72. The van der Waals surface area contributed by atoms with Crippen molar-refractivity contribution in [1.29, 1.82) is 0 Å². The molecule has 182 valence electrons. The van der Waals surface area contributed by atoms with E-state index in [-0.39, 0.29) is 28.7 Å². The summed E-state index contributed by atoms with van der Waals surface area (Å²) in [6.45, 7) is 12.5. The lowest BCUT2D eigenvalue weighted by atomic mass is 9.91. The van der Waals surface area contributed by atoms with E-state index in [1.807, 2.05) is 0 Å². The van der Waals surface area contributed by atoms with Crippen molar-refractivity contribution in [2.45, 2.75) is 77.7 Å². The molecular formula is C25H37N3O4S. The van der Waals surface area contributed by atoms with Gasteiger partial charge >= 0.3 is 0 Å². The van der Waals surface area contributed by atoms with E-state index < -0.39 is 10.0 Å². The predicted molar refractivity (Wildman–Crippen MR) is 128 cm³/mol. The highest BCUT2D eigenvalue weighted by Crippen LogP contribution is 2.29. The van der Waals surface area contributed by atoms with Crippen LogP contribution in [0.3, 0.4) is 0 Å². The molecule has 8 heteroatoms. The Bertz CT molecular complexity index is 1030. The number of carbonyl (C=O) groups is 1. The number of aromatic nitrogens is 1. The summed E-state index contributed by atoms with van der Waals surface area (Å²) in [6, 6.07) is 8.47. The van der Waals surface area contributed by atoms with Gasteiger partial charge in [-0.1, -0.05) is 57.1 Å². The zero-order chi connectivity index (χ0) is 24.3. The molecule has 0 spiro atoms. The third-order valence-electron chi connectivity index (χ3n) is 6.83. The Morgan fingerprint density at radius 3 is 2.18 bits per heavy atom. The molecule has 0 unspecified atom stereocenters. The molecule has 0 aliphatic carbocycles. The van der Waals surface area contributed by atoms with Gasteiger partial charge in [0.15, 0.2) is 5.76 Å². The average molecular weight is 476 g/mol. The van der Waals surface area contributed by atoms with Gasteiger partial charge < -0.3 is 9.84 Å². The Balaban J connectivity index is 1.65. The van der Waals surface area contributed by atoms with Crippen molar-refractivity contribution in [2.24, 2.45) is 11.8 Å². The number of nitrogens with one attached hydrogen (secondary N) is 1. The van der Waals surface area contributed by atoms with Crippen LogP contribution in [0.4, 0.5) is 0 Å². The highest BCUT2D eigenvalue weighted by atomic mass is 32.2. The maximum Gasteiger partial charge on any atom is 0.248 e. The van der Waals surface area contributed by atoms with Crippen molar-refractivity contribution in [3.63, 3.8) is 0 Å². The summed E-state index contributed by atoms with van der Waals surface area (Å²) < 4.78 is 32.6. The monoisotopic (exact) mass is 475 g/mol. The van der Waals surface area contributed by atoms with Crippen molar-refractivity contribution >= 4 is 15.9 Å². The summed E-state index contributed by atoms with van der Waals surface area (Å²) in [5.74, 6) is 0.837. The standard InChI is InChI=1S/C25H37N3O4S/c1-7-17(4)20-8-10-21(11-9-20)23(16(2)3)26-25(29)22-12-14-28(15-13-22)33(30,31)24-18(5)27-32-19(24)6/h8-11,16-17,22-23H,7,12-15H2,1-6H3,(H,26,29)/t17-,23-/m0/s1. The highest BCUT2D eigenvalue weighted by molar-refractivity contribution is 7.89. The van der Waals surface area contributed by atoms with E-state index in [4.69, 9.17) is 4.52 Å². The lowest BCUT2D eigenvalue weighted by Crippen LogP contribution is -2.44. The third kappa shape index (κ3) is 5.49. The number of hydrogen-bond donors (Lipinski definition) is 1. The third-order valence-corrected chi connectivity index (χ3v) is 8.98. The number of carbonyl (C=O) groups excluding carboxylic acids is 1. The molecule has 0 radical (unpaired) electrons. The second-order valence-electron chi connectivity index (χ2n) is 9.54. The minimum atomic E-state index is -3.68. The Hall–Kier alpha value is -2.19. The van der Waals surface area contributed by atoms with Crippen molar-refractivity contribution in [3.8, 4) is 0 Å². The van der Waals surface area contributed by atoms with E-state index in [9.17, 15) is 13.2 Å². The molecule has 1 N–H and O–H groups in total. The first kappa shape index (κ1) is 25.4. The van der Waals surface area contributed by atoms with Crippen LogP contribution in [-0.2, 0) is 14.8 Å². The van der Waals surface area contributed by atoms with Gasteiger partial charge in [-0.2, -0.15) is 4.31 Å². The van der Waals surface area contributed by atoms with E-state index in [1.165, 1.54) is 9.87 Å². The minimum absolute atomic E-state index is 0.00547. The molecular weight excluding hydrogens is 438 g/mol. The molecule has 0 bridgehead atoms. The van der Waals surface area contributed by atoms with E-state index >= 15 is 0 Å². The second-order valence-corrected chi connectivity index (χ2v) is 11.4. The maximum atomic E-state index is 13.1. The fourth-order valence-electron chi connectivity index (χ4n) is 4.50. The number of hydrogen-bond acceptors (Lipinski definition) is 5. The summed E-state index contributed by atoms with van der Waals surface area (Å²) in [4.78, 5) is 13.2. The number of sulfonamides is 1. The Labute approximate surface area is 198 Å². The zero-order valence-electron chi connectivity index (χ0n) is 20.6. The summed E-state index contributed by atoms with van der Waals surface area (Å²) >= 11 is 0. The number of benzene rings is 1. The Kier molecular flexibility index (Phi) is 8.00. The van der Waals surface area contributed by atoms with Gasteiger partial charge in [-0.15, -0.1) is 0 Å². The second kappa shape index (κ2) is 10.4. The van der Waals surface area contributed by atoms with Crippen LogP contribution in [0.15, 0.2) is 33.7 Å². The van der Waals surface area contributed by atoms with Crippen molar-refractivity contribution < 1.29 is 17.7 Å². The summed E-state index contributed by atoms with van der Waals surface area (Å²) in [7, 11) is -3.68. The van der Waals surface area contributed by atoms with Crippen LogP contribution >= 0.6 is 0 Å². The van der Waals surface area contributed by atoms with E-state index in [0.29, 0.717) is 43.3 Å². The normalized spacial score (nSPS) is 17.8. The van der Waals surface area contributed by atoms with Crippen molar-refractivity contribution in [1.82, 2.24) is 14.8 Å². The molecule has 2 heterocycles. The minimum Gasteiger partial charge on any atom is -0.360 e. The molecule has 1 aliphatic heterocycles. The molecule has 1 amide bonds. The van der Waals surface area contributed by atoms with Gasteiger partial charge in [0.25, 0.3) is 0 Å². The number of amides is 1. The first-order chi connectivity index (χ1) is 15.6. The number of piperidine rings is 1.